The molecule has 1 saturated heterocycles. The molecule has 160 valence electrons. The molecular formula is C23H23FN4O3. The first-order valence-electron chi connectivity index (χ1n) is 9.82. The summed E-state index contributed by atoms with van der Waals surface area (Å²) in [5.41, 5.74) is 0.875. The minimum atomic E-state index is -1.61. The van der Waals surface area contributed by atoms with E-state index in [4.69, 9.17) is 5.26 Å². The van der Waals surface area contributed by atoms with Gasteiger partial charge >= 0.3 is 6.03 Å². The van der Waals surface area contributed by atoms with Crippen LogP contribution >= 0.6 is 0 Å². The second kappa shape index (κ2) is 8.56. The molecule has 0 aromatic heterocycles. The van der Waals surface area contributed by atoms with E-state index in [1.807, 2.05) is 26.0 Å². The van der Waals surface area contributed by atoms with E-state index in [0.29, 0.717) is 5.69 Å². The third kappa shape index (κ3) is 4.26. The summed E-state index contributed by atoms with van der Waals surface area (Å²) in [5.74, 6) is -1.85. The molecule has 31 heavy (non-hydrogen) atoms. The second-order valence-corrected chi connectivity index (χ2v) is 7.73. The van der Waals surface area contributed by atoms with Gasteiger partial charge in [-0.2, -0.15) is 5.26 Å². The summed E-state index contributed by atoms with van der Waals surface area (Å²) in [7, 11) is 0. The summed E-state index contributed by atoms with van der Waals surface area (Å²) >= 11 is 0. The zero-order valence-corrected chi connectivity index (χ0v) is 17.6. The molecule has 0 saturated carbocycles. The van der Waals surface area contributed by atoms with Crippen molar-refractivity contribution in [3.63, 3.8) is 0 Å². The van der Waals surface area contributed by atoms with Gasteiger partial charge in [-0.1, -0.05) is 24.3 Å². The van der Waals surface area contributed by atoms with Crippen LogP contribution in [0.4, 0.5) is 14.9 Å². The Morgan fingerprint density at radius 1 is 1.19 bits per heavy atom. The number of nitriles is 1. The van der Waals surface area contributed by atoms with E-state index in [1.165, 1.54) is 30.0 Å². The highest BCUT2D eigenvalue weighted by atomic mass is 19.1. The lowest BCUT2D eigenvalue weighted by Gasteiger charge is -2.25. The highest BCUT2D eigenvalue weighted by molar-refractivity contribution is 6.10. The van der Waals surface area contributed by atoms with E-state index in [1.54, 1.807) is 18.2 Å². The molecule has 1 heterocycles. The van der Waals surface area contributed by atoms with Gasteiger partial charge < -0.3 is 10.2 Å². The molecule has 8 heteroatoms. The van der Waals surface area contributed by atoms with Crippen LogP contribution in [-0.4, -0.2) is 35.8 Å². The molecule has 1 fully saturated rings. The van der Waals surface area contributed by atoms with Crippen LogP contribution in [-0.2, 0) is 15.1 Å². The Bertz CT molecular complexity index is 1070. The number of halogens is 1. The Labute approximate surface area is 180 Å². The Morgan fingerprint density at radius 2 is 1.84 bits per heavy atom. The Balaban J connectivity index is 1.88. The number of rotatable bonds is 6. The van der Waals surface area contributed by atoms with Crippen LogP contribution in [0.3, 0.4) is 0 Å². The first-order valence-corrected chi connectivity index (χ1v) is 9.82. The number of nitrogens with one attached hydrogen (secondary N) is 1. The predicted molar refractivity (Wildman–Crippen MR) is 112 cm³/mol. The van der Waals surface area contributed by atoms with E-state index in [9.17, 15) is 18.8 Å². The van der Waals surface area contributed by atoms with Crippen molar-refractivity contribution in [1.29, 1.82) is 5.26 Å². The largest absolute Gasteiger partial charge is 0.325 e. The van der Waals surface area contributed by atoms with Crippen molar-refractivity contribution >= 4 is 23.5 Å². The van der Waals surface area contributed by atoms with Crippen molar-refractivity contribution in [1.82, 2.24) is 10.2 Å². The van der Waals surface area contributed by atoms with Crippen molar-refractivity contribution in [2.24, 2.45) is 0 Å². The standard InChI is InChI=1S/C23H23FN4O3/c1-15-11-16(2)13-17(12-15)27(10-6-9-25)20(29)14-28-21(30)23(3,26-22(28)31)18-7-4-5-8-19(18)24/h4-5,7-8,11-13H,6,10,14H2,1-3H3,(H,26,31). The Hall–Kier alpha value is -3.73. The SMILES string of the molecule is Cc1cc(C)cc(N(CCC#N)C(=O)CN2C(=O)NC(C)(c3ccccc3F)C2=O)c1. The van der Waals surface area contributed by atoms with Gasteiger partial charge in [0.15, 0.2) is 0 Å². The van der Waals surface area contributed by atoms with Gasteiger partial charge in [0.05, 0.1) is 12.5 Å². The van der Waals surface area contributed by atoms with Gasteiger partial charge in [0.25, 0.3) is 5.91 Å². The van der Waals surface area contributed by atoms with Crippen LogP contribution in [0.15, 0.2) is 42.5 Å². The van der Waals surface area contributed by atoms with E-state index in [-0.39, 0.29) is 18.5 Å². The zero-order valence-electron chi connectivity index (χ0n) is 17.6. The molecule has 1 N–H and O–H groups in total. The van der Waals surface area contributed by atoms with E-state index in [0.717, 1.165) is 16.0 Å². The number of imide groups is 1. The fourth-order valence-electron chi connectivity index (χ4n) is 3.78. The average molecular weight is 422 g/mol. The van der Waals surface area contributed by atoms with Crippen molar-refractivity contribution in [3.8, 4) is 6.07 Å². The smallest absolute Gasteiger partial charge is 0.319 e. The van der Waals surface area contributed by atoms with Gasteiger partial charge in [-0.05, 0) is 50.1 Å². The average Bonchev–Trinajstić information content (AvgIpc) is 2.91. The van der Waals surface area contributed by atoms with E-state index in [2.05, 4.69) is 5.32 Å². The van der Waals surface area contributed by atoms with E-state index < -0.39 is 35.7 Å². The zero-order chi connectivity index (χ0) is 22.8. The molecule has 0 spiro atoms. The monoisotopic (exact) mass is 422 g/mol. The first-order chi connectivity index (χ1) is 14.7. The summed E-state index contributed by atoms with van der Waals surface area (Å²) in [5, 5.41) is 11.5. The summed E-state index contributed by atoms with van der Waals surface area (Å²) in [6, 6.07) is 12.5. The van der Waals surface area contributed by atoms with Crippen molar-refractivity contribution in [2.45, 2.75) is 32.7 Å². The molecule has 3 rings (SSSR count). The quantitative estimate of drug-likeness (QED) is 0.724. The molecule has 1 aliphatic heterocycles. The van der Waals surface area contributed by atoms with Crippen LogP contribution < -0.4 is 10.2 Å². The molecule has 0 radical (unpaired) electrons. The highest BCUT2D eigenvalue weighted by Gasteiger charge is 2.50. The third-order valence-electron chi connectivity index (χ3n) is 5.25. The molecule has 2 aromatic rings. The molecule has 1 aliphatic rings. The highest BCUT2D eigenvalue weighted by Crippen LogP contribution is 2.30. The summed E-state index contributed by atoms with van der Waals surface area (Å²) in [6.45, 7) is 4.79. The molecule has 7 nitrogen and oxygen atoms in total. The minimum Gasteiger partial charge on any atom is -0.319 e. The molecular weight excluding hydrogens is 399 g/mol. The summed E-state index contributed by atoms with van der Waals surface area (Å²) in [4.78, 5) is 40.9. The molecule has 0 aliphatic carbocycles. The maximum absolute atomic E-state index is 14.3. The van der Waals surface area contributed by atoms with Gasteiger partial charge in [0, 0.05) is 17.8 Å². The van der Waals surface area contributed by atoms with Crippen molar-refractivity contribution in [2.75, 3.05) is 18.0 Å². The fourth-order valence-corrected chi connectivity index (χ4v) is 3.78. The summed E-state index contributed by atoms with van der Waals surface area (Å²) < 4.78 is 14.3. The molecule has 1 atom stereocenters. The van der Waals surface area contributed by atoms with Crippen LogP contribution in [0.25, 0.3) is 0 Å². The molecule has 0 bridgehead atoms. The second-order valence-electron chi connectivity index (χ2n) is 7.73. The van der Waals surface area contributed by atoms with Gasteiger partial charge in [0.2, 0.25) is 5.91 Å². The third-order valence-corrected chi connectivity index (χ3v) is 5.25. The number of anilines is 1. The number of aryl methyl sites for hydroxylation is 2. The van der Waals surface area contributed by atoms with Gasteiger partial charge in [-0.25, -0.2) is 9.18 Å². The number of hydrogen-bond acceptors (Lipinski definition) is 4. The Morgan fingerprint density at radius 3 is 2.45 bits per heavy atom. The van der Waals surface area contributed by atoms with E-state index >= 15 is 0 Å². The maximum Gasteiger partial charge on any atom is 0.325 e. The predicted octanol–water partition coefficient (Wildman–Crippen LogP) is 3.16. The molecule has 4 amide bonds. The lowest BCUT2D eigenvalue weighted by atomic mass is 9.91. The van der Waals surface area contributed by atoms with Crippen LogP contribution in [0.1, 0.15) is 30.0 Å². The first kappa shape index (κ1) is 22.0. The van der Waals surface area contributed by atoms with Crippen LogP contribution in [0.2, 0.25) is 0 Å². The fraction of sp³-hybridized carbons (Fsp3) is 0.304. The number of hydrogen-bond donors (Lipinski definition) is 1. The van der Waals surface area contributed by atoms with Gasteiger partial charge in [0.1, 0.15) is 17.9 Å². The van der Waals surface area contributed by atoms with Crippen LogP contribution in [0.5, 0.6) is 0 Å². The van der Waals surface area contributed by atoms with Crippen molar-refractivity contribution in [3.05, 3.63) is 65.0 Å². The number of urea groups is 1. The topological polar surface area (TPSA) is 93.5 Å². The molecule has 2 aromatic carbocycles. The number of carbonyl (C=O) groups is 3. The minimum absolute atomic E-state index is 0.0268. The number of carbonyl (C=O) groups excluding carboxylic acids is 3. The number of benzene rings is 2. The van der Waals surface area contributed by atoms with Crippen LogP contribution in [0, 0.1) is 31.0 Å². The summed E-state index contributed by atoms with van der Waals surface area (Å²) in [6.07, 6.45) is 0.0891. The normalized spacial score (nSPS) is 18.0. The molecule has 1 unspecified atom stereocenters. The Kier molecular flexibility index (Phi) is 6.07. The van der Waals surface area contributed by atoms with Crippen molar-refractivity contribution < 1.29 is 18.8 Å². The lowest BCUT2D eigenvalue weighted by Crippen LogP contribution is -2.45. The number of nitrogens with zero attached hydrogens (tertiary/aromatic N) is 3. The lowest BCUT2D eigenvalue weighted by molar-refractivity contribution is -0.134. The van der Waals surface area contributed by atoms with Gasteiger partial charge in [-0.3, -0.25) is 14.5 Å². The number of amides is 4. The van der Waals surface area contributed by atoms with Gasteiger partial charge in [-0.15, -0.1) is 0 Å². The maximum atomic E-state index is 14.3.